The Balaban J connectivity index is 1.79. The van der Waals surface area contributed by atoms with Gasteiger partial charge in [-0.2, -0.15) is 0 Å². The van der Waals surface area contributed by atoms with Crippen LogP contribution in [0.4, 0.5) is 0 Å². The molecule has 2 saturated heterocycles. The molecule has 0 aliphatic carbocycles. The van der Waals surface area contributed by atoms with Crippen molar-refractivity contribution in [2.45, 2.75) is 25.4 Å². The van der Waals surface area contributed by atoms with E-state index in [-0.39, 0.29) is 5.91 Å². The Morgan fingerprint density at radius 1 is 1.53 bits per heavy atom. The molecule has 0 aromatic heterocycles. The van der Waals surface area contributed by atoms with Gasteiger partial charge in [0, 0.05) is 38.8 Å². The van der Waals surface area contributed by atoms with Gasteiger partial charge in [-0.25, -0.2) is 0 Å². The van der Waals surface area contributed by atoms with Crippen LogP contribution in [0.15, 0.2) is 0 Å². The number of carbonyl (C=O) groups excluding carboxylic acids is 1. The van der Waals surface area contributed by atoms with Crippen molar-refractivity contribution in [3.8, 4) is 0 Å². The van der Waals surface area contributed by atoms with Gasteiger partial charge in [-0.1, -0.05) is 0 Å². The number of ether oxygens (including phenoxy) is 1. The van der Waals surface area contributed by atoms with Gasteiger partial charge in [0.15, 0.2) is 0 Å². The zero-order chi connectivity index (χ0) is 12.3. The Labute approximate surface area is 103 Å². The highest BCUT2D eigenvalue weighted by molar-refractivity contribution is 5.78. The van der Waals surface area contributed by atoms with Crippen LogP contribution in [-0.4, -0.2) is 74.2 Å². The molecule has 5 heteroatoms. The molecule has 0 saturated carbocycles. The summed E-state index contributed by atoms with van der Waals surface area (Å²) in [5.74, 6) is 0.232. The lowest BCUT2D eigenvalue weighted by molar-refractivity contribution is -0.135. The van der Waals surface area contributed by atoms with Crippen molar-refractivity contribution in [3.63, 3.8) is 0 Å². The maximum Gasteiger partial charge on any atom is 0.236 e. The number of rotatable bonds is 3. The van der Waals surface area contributed by atoms with Gasteiger partial charge < -0.3 is 15.0 Å². The van der Waals surface area contributed by atoms with Crippen LogP contribution in [-0.2, 0) is 9.53 Å². The molecule has 0 aromatic carbocycles. The summed E-state index contributed by atoms with van der Waals surface area (Å²) in [5, 5.41) is 3.46. The maximum atomic E-state index is 11.6. The number of morpholine rings is 1. The topological polar surface area (TPSA) is 44.8 Å². The van der Waals surface area contributed by atoms with Crippen LogP contribution in [0.3, 0.4) is 0 Å². The van der Waals surface area contributed by atoms with E-state index in [0.717, 1.165) is 39.3 Å². The van der Waals surface area contributed by atoms with Crippen LogP contribution < -0.4 is 5.32 Å². The van der Waals surface area contributed by atoms with Gasteiger partial charge in [-0.05, 0) is 13.3 Å². The minimum atomic E-state index is 0.232. The average molecular weight is 241 g/mol. The summed E-state index contributed by atoms with van der Waals surface area (Å²) in [7, 11) is 1.88. The SMILES string of the molecule is CC(CC1COCCN1)N1CCN(C)C(=O)C1. The van der Waals surface area contributed by atoms with Crippen molar-refractivity contribution >= 4 is 5.91 Å². The monoisotopic (exact) mass is 241 g/mol. The normalized spacial score (nSPS) is 29.4. The molecule has 0 aromatic rings. The first kappa shape index (κ1) is 12.8. The fourth-order valence-electron chi connectivity index (χ4n) is 2.48. The summed E-state index contributed by atoms with van der Waals surface area (Å²) in [6, 6.07) is 0.875. The zero-order valence-corrected chi connectivity index (χ0v) is 10.8. The molecule has 2 aliphatic heterocycles. The van der Waals surface area contributed by atoms with Crippen LogP contribution in [0.5, 0.6) is 0 Å². The Morgan fingerprint density at radius 2 is 2.35 bits per heavy atom. The first-order valence-corrected chi connectivity index (χ1v) is 6.46. The maximum absolute atomic E-state index is 11.6. The van der Waals surface area contributed by atoms with Crippen molar-refractivity contribution in [1.29, 1.82) is 0 Å². The Morgan fingerprint density at radius 3 is 3.00 bits per heavy atom. The molecule has 2 fully saturated rings. The lowest BCUT2D eigenvalue weighted by Gasteiger charge is -2.37. The number of carbonyl (C=O) groups is 1. The highest BCUT2D eigenvalue weighted by atomic mass is 16.5. The predicted octanol–water partition coefficient (Wildman–Crippen LogP) is -0.473. The molecule has 2 atom stereocenters. The fourth-order valence-corrected chi connectivity index (χ4v) is 2.48. The minimum Gasteiger partial charge on any atom is -0.379 e. The van der Waals surface area contributed by atoms with Crippen molar-refractivity contribution < 1.29 is 9.53 Å². The molecule has 2 heterocycles. The Kier molecular flexibility index (Phi) is 4.36. The van der Waals surface area contributed by atoms with Crippen molar-refractivity contribution in [3.05, 3.63) is 0 Å². The molecule has 0 spiro atoms. The average Bonchev–Trinajstić information content (AvgIpc) is 2.34. The second-order valence-electron chi connectivity index (χ2n) is 5.10. The summed E-state index contributed by atoms with van der Waals surface area (Å²) < 4.78 is 5.45. The number of amides is 1. The van der Waals surface area contributed by atoms with E-state index < -0.39 is 0 Å². The van der Waals surface area contributed by atoms with Crippen molar-refractivity contribution in [2.75, 3.05) is 46.4 Å². The summed E-state index contributed by atoms with van der Waals surface area (Å²) >= 11 is 0. The molecule has 2 aliphatic rings. The molecule has 17 heavy (non-hydrogen) atoms. The van der Waals surface area contributed by atoms with E-state index in [0.29, 0.717) is 18.6 Å². The van der Waals surface area contributed by atoms with Gasteiger partial charge >= 0.3 is 0 Å². The second-order valence-corrected chi connectivity index (χ2v) is 5.10. The van der Waals surface area contributed by atoms with Gasteiger partial charge in [0.2, 0.25) is 5.91 Å². The summed E-state index contributed by atoms with van der Waals surface area (Å²) in [5.41, 5.74) is 0. The number of nitrogens with zero attached hydrogens (tertiary/aromatic N) is 2. The van der Waals surface area contributed by atoms with E-state index in [2.05, 4.69) is 17.1 Å². The second kappa shape index (κ2) is 5.80. The van der Waals surface area contributed by atoms with Gasteiger partial charge in [0.05, 0.1) is 19.8 Å². The van der Waals surface area contributed by atoms with Crippen molar-refractivity contribution in [2.24, 2.45) is 0 Å². The molecule has 0 radical (unpaired) electrons. The first-order valence-electron chi connectivity index (χ1n) is 6.46. The standard InChI is InChI=1S/C12H23N3O2/c1-10(7-11-9-17-6-3-13-11)15-5-4-14(2)12(16)8-15/h10-11,13H,3-9H2,1-2H3. The quantitative estimate of drug-likeness (QED) is 0.725. The van der Waals surface area contributed by atoms with Crippen LogP contribution in [0.1, 0.15) is 13.3 Å². The fraction of sp³-hybridized carbons (Fsp3) is 0.917. The van der Waals surface area contributed by atoms with Crippen LogP contribution in [0.2, 0.25) is 0 Å². The third-order valence-electron chi connectivity index (χ3n) is 3.73. The van der Waals surface area contributed by atoms with Crippen molar-refractivity contribution in [1.82, 2.24) is 15.1 Å². The Bertz CT molecular complexity index is 266. The number of hydrogen-bond acceptors (Lipinski definition) is 4. The zero-order valence-electron chi connectivity index (χ0n) is 10.8. The van der Waals surface area contributed by atoms with E-state index in [9.17, 15) is 4.79 Å². The van der Waals surface area contributed by atoms with E-state index >= 15 is 0 Å². The molecule has 2 unspecified atom stereocenters. The van der Waals surface area contributed by atoms with Crippen LogP contribution in [0.25, 0.3) is 0 Å². The van der Waals surface area contributed by atoms with E-state index in [1.54, 1.807) is 0 Å². The minimum absolute atomic E-state index is 0.232. The summed E-state index contributed by atoms with van der Waals surface area (Å²) in [6.45, 7) is 7.15. The molecule has 2 rings (SSSR count). The first-order chi connectivity index (χ1) is 8.16. The van der Waals surface area contributed by atoms with Gasteiger partial charge in [-0.15, -0.1) is 0 Å². The van der Waals surface area contributed by atoms with E-state index in [1.165, 1.54) is 0 Å². The molecule has 1 N–H and O–H groups in total. The molecular weight excluding hydrogens is 218 g/mol. The third-order valence-corrected chi connectivity index (χ3v) is 3.73. The van der Waals surface area contributed by atoms with Gasteiger partial charge in [0.25, 0.3) is 0 Å². The largest absolute Gasteiger partial charge is 0.379 e. The molecule has 5 nitrogen and oxygen atoms in total. The molecule has 98 valence electrons. The number of hydrogen-bond donors (Lipinski definition) is 1. The number of nitrogens with one attached hydrogen (secondary N) is 1. The number of piperazine rings is 1. The summed E-state index contributed by atoms with van der Waals surface area (Å²) in [4.78, 5) is 15.7. The Hall–Kier alpha value is -0.650. The summed E-state index contributed by atoms with van der Waals surface area (Å²) in [6.07, 6.45) is 1.05. The van der Waals surface area contributed by atoms with E-state index in [1.807, 2.05) is 11.9 Å². The van der Waals surface area contributed by atoms with Crippen LogP contribution >= 0.6 is 0 Å². The lowest BCUT2D eigenvalue weighted by Crippen LogP contribution is -2.53. The lowest BCUT2D eigenvalue weighted by atomic mass is 10.1. The highest BCUT2D eigenvalue weighted by Gasteiger charge is 2.26. The van der Waals surface area contributed by atoms with Gasteiger partial charge in [-0.3, -0.25) is 9.69 Å². The molecule has 0 bridgehead atoms. The van der Waals surface area contributed by atoms with Crippen LogP contribution in [0, 0.1) is 0 Å². The molecular formula is C12H23N3O2. The smallest absolute Gasteiger partial charge is 0.236 e. The molecule has 1 amide bonds. The number of likely N-dealkylation sites (N-methyl/N-ethyl adjacent to an activating group) is 1. The van der Waals surface area contributed by atoms with E-state index in [4.69, 9.17) is 4.74 Å². The predicted molar refractivity (Wildman–Crippen MR) is 65.9 cm³/mol. The van der Waals surface area contributed by atoms with Gasteiger partial charge in [0.1, 0.15) is 0 Å². The third kappa shape index (κ3) is 3.40. The highest BCUT2D eigenvalue weighted by Crippen LogP contribution is 2.12.